The molecule has 1 aromatic heterocycles. The third-order valence-electron chi connectivity index (χ3n) is 6.51. The Hall–Kier alpha value is -3.97. The van der Waals surface area contributed by atoms with Gasteiger partial charge in [-0.05, 0) is 75.6 Å². The highest BCUT2D eigenvalue weighted by molar-refractivity contribution is 9.10. The van der Waals surface area contributed by atoms with Gasteiger partial charge in [-0.15, -0.1) is 0 Å². The van der Waals surface area contributed by atoms with E-state index in [0.717, 1.165) is 5.56 Å². The molecule has 1 atom stereocenters. The molecule has 1 saturated heterocycles. The number of anilines is 2. The molecular weight excluding hydrogens is 570 g/mol. The van der Waals surface area contributed by atoms with Crippen LogP contribution in [0, 0.1) is 6.92 Å². The standard InChI is InChI=1S/C26H28BrN7O5/c1-15-5-4-6-18(11-15)29-25(36)22-16(2)28-26-30-31-32-34(26)23(22)17-12-19(27)24(20(13-17)37-3)39-14-21(35)33-7-9-38-10-8-33/h4-6,11-13,23H,7-10,14H2,1-3H3,(H,29,36)(H,28,30,32). The fraction of sp³-hybridized carbons (Fsp3) is 0.346. The molecule has 12 nitrogen and oxygen atoms in total. The van der Waals surface area contributed by atoms with Crippen LogP contribution in [-0.2, 0) is 14.3 Å². The Bertz CT molecular complexity index is 1430. The first-order valence-corrected chi connectivity index (χ1v) is 13.1. The Balaban J connectivity index is 1.46. The molecule has 2 aliphatic rings. The van der Waals surface area contributed by atoms with Crippen LogP contribution in [0.4, 0.5) is 11.6 Å². The molecule has 0 bridgehead atoms. The Morgan fingerprint density at radius 2 is 2.00 bits per heavy atom. The minimum atomic E-state index is -0.671. The summed E-state index contributed by atoms with van der Waals surface area (Å²) < 4.78 is 19.0. The number of benzene rings is 2. The lowest BCUT2D eigenvalue weighted by molar-refractivity contribution is -0.137. The second kappa shape index (κ2) is 11.4. The van der Waals surface area contributed by atoms with E-state index < -0.39 is 6.04 Å². The number of rotatable bonds is 7. The number of carbonyl (C=O) groups excluding carboxylic acids is 2. The summed E-state index contributed by atoms with van der Waals surface area (Å²) in [7, 11) is 1.51. The number of amides is 2. The van der Waals surface area contributed by atoms with Gasteiger partial charge in [0.2, 0.25) is 5.95 Å². The van der Waals surface area contributed by atoms with Crippen molar-refractivity contribution in [3.05, 3.63) is 63.3 Å². The number of fused-ring (bicyclic) bond motifs is 1. The number of allylic oxidation sites excluding steroid dienone is 1. The maximum atomic E-state index is 13.6. The van der Waals surface area contributed by atoms with Crippen LogP contribution in [0.3, 0.4) is 0 Å². The van der Waals surface area contributed by atoms with Gasteiger partial charge in [0.15, 0.2) is 18.1 Å². The number of aryl methyl sites for hydroxylation is 1. The molecule has 39 heavy (non-hydrogen) atoms. The van der Waals surface area contributed by atoms with Gasteiger partial charge < -0.3 is 29.7 Å². The van der Waals surface area contributed by atoms with Crippen LogP contribution in [0.5, 0.6) is 11.5 Å². The second-order valence-electron chi connectivity index (χ2n) is 9.15. The number of tetrazole rings is 1. The number of halogens is 1. The largest absolute Gasteiger partial charge is 0.493 e. The first kappa shape index (κ1) is 26.6. The van der Waals surface area contributed by atoms with E-state index in [0.29, 0.717) is 70.7 Å². The van der Waals surface area contributed by atoms with Gasteiger partial charge in [-0.1, -0.05) is 17.2 Å². The van der Waals surface area contributed by atoms with Crippen molar-refractivity contribution in [2.24, 2.45) is 0 Å². The molecule has 0 aliphatic carbocycles. The number of hydrogen-bond acceptors (Lipinski definition) is 9. The molecule has 2 aliphatic heterocycles. The van der Waals surface area contributed by atoms with Crippen molar-refractivity contribution in [1.29, 1.82) is 0 Å². The van der Waals surface area contributed by atoms with Crippen LogP contribution < -0.4 is 20.1 Å². The van der Waals surface area contributed by atoms with Crippen molar-refractivity contribution in [1.82, 2.24) is 25.1 Å². The zero-order chi connectivity index (χ0) is 27.5. The predicted octanol–water partition coefficient (Wildman–Crippen LogP) is 2.92. The molecule has 0 spiro atoms. The summed E-state index contributed by atoms with van der Waals surface area (Å²) in [6, 6.07) is 10.5. The monoisotopic (exact) mass is 597 g/mol. The molecule has 204 valence electrons. The van der Waals surface area contributed by atoms with Crippen LogP contribution in [-0.4, -0.2) is 76.9 Å². The van der Waals surface area contributed by atoms with E-state index in [1.807, 2.05) is 37.3 Å². The van der Waals surface area contributed by atoms with Gasteiger partial charge in [-0.3, -0.25) is 9.59 Å². The van der Waals surface area contributed by atoms with Gasteiger partial charge in [0.1, 0.15) is 6.04 Å². The summed E-state index contributed by atoms with van der Waals surface area (Å²) in [6.07, 6.45) is 0. The first-order valence-electron chi connectivity index (χ1n) is 12.3. The Morgan fingerprint density at radius 3 is 2.74 bits per heavy atom. The van der Waals surface area contributed by atoms with Crippen LogP contribution in [0.2, 0.25) is 0 Å². The van der Waals surface area contributed by atoms with E-state index >= 15 is 0 Å². The number of aromatic nitrogens is 4. The minimum Gasteiger partial charge on any atom is -0.493 e. The third kappa shape index (κ3) is 5.59. The lowest BCUT2D eigenvalue weighted by Gasteiger charge is -2.29. The maximum Gasteiger partial charge on any atom is 0.260 e. The molecule has 1 unspecified atom stereocenters. The van der Waals surface area contributed by atoms with Crippen molar-refractivity contribution in [3.63, 3.8) is 0 Å². The minimum absolute atomic E-state index is 0.137. The molecule has 2 N–H and O–H groups in total. The number of nitrogens with zero attached hydrogens (tertiary/aromatic N) is 5. The van der Waals surface area contributed by atoms with Crippen molar-refractivity contribution in [3.8, 4) is 11.5 Å². The van der Waals surface area contributed by atoms with Crippen molar-refractivity contribution >= 4 is 39.4 Å². The van der Waals surface area contributed by atoms with E-state index in [2.05, 4.69) is 42.1 Å². The molecule has 13 heteroatoms. The highest BCUT2D eigenvalue weighted by atomic mass is 79.9. The van der Waals surface area contributed by atoms with E-state index in [4.69, 9.17) is 14.2 Å². The topological polar surface area (TPSA) is 133 Å². The van der Waals surface area contributed by atoms with E-state index in [9.17, 15) is 9.59 Å². The number of carbonyl (C=O) groups is 2. The second-order valence-corrected chi connectivity index (χ2v) is 10.0. The van der Waals surface area contributed by atoms with E-state index in [-0.39, 0.29) is 18.4 Å². The Kier molecular flexibility index (Phi) is 7.79. The molecule has 1 fully saturated rings. The summed E-state index contributed by atoms with van der Waals surface area (Å²) >= 11 is 3.57. The van der Waals surface area contributed by atoms with Crippen molar-refractivity contribution in [2.45, 2.75) is 19.9 Å². The zero-order valence-corrected chi connectivity index (χ0v) is 23.3. The van der Waals surface area contributed by atoms with Crippen LogP contribution in [0.25, 0.3) is 0 Å². The van der Waals surface area contributed by atoms with Gasteiger partial charge in [-0.25, -0.2) is 0 Å². The summed E-state index contributed by atoms with van der Waals surface area (Å²) in [6.45, 7) is 5.69. The Labute approximate surface area is 233 Å². The summed E-state index contributed by atoms with van der Waals surface area (Å²) in [4.78, 5) is 28.0. The van der Waals surface area contributed by atoms with Gasteiger partial charge in [0.05, 0.1) is 30.4 Å². The van der Waals surface area contributed by atoms with Crippen molar-refractivity contribution in [2.75, 3.05) is 50.7 Å². The zero-order valence-electron chi connectivity index (χ0n) is 21.7. The van der Waals surface area contributed by atoms with E-state index in [1.54, 1.807) is 22.6 Å². The molecule has 5 rings (SSSR count). The number of nitrogens with one attached hydrogen (secondary N) is 2. The predicted molar refractivity (Wildman–Crippen MR) is 146 cm³/mol. The fourth-order valence-electron chi connectivity index (χ4n) is 4.61. The maximum absolute atomic E-state index is 13.6. The van der Waals surface area contributed by atoms with Gasteiger partial charge in [-0.2, -0.15) is 4.68 Å². The fourth-order valence-corrected chi connectivity index (χ4v) is 5.19. The van der Waals surface area contributed by atoms with Crippen LogP contribution in [0.15, 0.2) is 52.1 Å². The number of hydrogen-bond donors (Lipinski definition) is 2. The summed E-state index contributed by atoms with van der Waals surface area (Å²) in [5.74, 6) is 0.722. The molecule has 0 saturated carbocycles. The van der Waals surface area contributed by atoms with Gasteiger partial charge in [0, 0.05) is 24.5 Å². The number of morpholine rings is 1. The average Bonchev–Trinajstić information content (AvgIpc) is 3.39. The smallest absolute Gasteiger partial charge is 0.260 e. The summed E-state index contributed by atoms with van der Waals surface area (Å²) in [5, 5.41) is 18.1. The van der Waals surface area contributed by atoms with Crippen LogP contribution >= 0.6 is 15.9 Å². The molecule has 3 heterocycles. The number of methoxy groups -OCH3 is 1. The first-order chi connectivity index (χ1) is 18.9. The SMILES string of the molecule is COc1cc(C2C(C(=O)Nc3cccc(C)c3)=C(C)Nc3nnnn32)cc(Br)c1OCC(=O)N1CCOCC1. The lowest BCUT2D eigenvalue weighted by Crippen LogP contribution is -2.43. The molecular formula is C26H28BrN7O5. The number of ether oxygens (including phenoxy) is 3. The molecule has 0 radical (unpaired) electrons. The summed E-state index contributed by atoms with van der Waals surface area (Å²) in [5.41, 5.74) is 3.42. The highest BCUT2D eigenvalue weighted by Crippen LogP contribution is 2.42. The molecule has 2 aromatic carbocycles. The van der Waals surface area contributed by atoms with Crippen molar-refractivity contribution < 1.29 is 23.8 Å². The lowest BCUT2D eigenvalue weighted by atomic mass is 9.94. The third-order valence-corrected chi connectivity index (χ3v) is 7.10. The quantitative estimate of drug-likeness (QED) is 0.421. The normalized spacial score (nSPS) is 16.8. The van der Waals surface area contributed by atoms with E-state index in [1.165, 1.54) is 7.11 Å². The van der Waals surface area contributed by atoms with Gasteiger partial charge in [0.25, 0.3) is 11.8 Å². The molecule has 2 amide bonds. The molecule has 3 aromatic rings. The van der Waals surface area contributed by atoms with Crippen LogP contribution in [0.1, 0.15) is 24.1 Å². The van der Waals surface area contributed by atoms with Gasteiger partial charge >= 0.3 is 0 Å². The average molecular weight is 598 g/mol. The Morgan fingerprint density at radius 1 is 1.21 bits per heavy atom. The highest BCUT2D eigenvalue weighted by Gasteiger charge is 2.35.